The number of carbonyl (C=O) groups excluding carboxylic acids is 1. The Morgan fingerprint density at radius 3 is 2.61 bits per heavy atom. The molecule has 1 fully saturated rings. The van der Waals surface area contributed by atoms with E-state index in [2.05, 4.69) is 0 Å². The lowest BCUT2D eigenvalue weighted by Crippen LogP contribution is -2.02. The first kappa shape index (κ1) is 11.5. The molecule has 0 saturated heterocycles. The third-order valence-corrected chi connectivity index (χ3v) is 3.79. The van der Waals surface area contributed by atoms with Crippen molar-refractivity contribution in [2.75, 3.05) is 0 Å². The molecule has 1 aromatic carbocycles. The molecule has 2 nitrogen and oxygen atoms in total. The summed E-state index contributed by atoms with van der Waals surface area (Å²) in [7, 11) is 0. The number of thiophene rings is 1. The van der Waals surface area contributed by atoms with Crippen molar-refractivity contribution in [3.8, 4) is 5.75 Å². The van der Waals surface area contributed by atoms with Crippen LogP contribution >= 0.6 is 11.3 Å². The first-order chi connectivity index (χ1) is 8.81. The minimum Gasteiger partial charge on any atom is -0.490 e. The van der Waals surface area contributed by atoms with Gasteiger partial charge in [-0.15, -0.1) is 11.3 Å². The van der Waals surface area contributed by atoms with Crippen LogP contribution in [0.25, 0.3) is 0 Å². The Labute approximate surface area is 110 Å². The largest absolute Gasteiger partial charge is 0.490 e. The lowest BCUT2D eigenvalue weighted by Gasteiger charge is -2.05. The van der Waals surface area contributed by atoms with Crippen molar-refractivity contribution in [2.45, 2.75) is 25.4 Å². The maximum absolute atomic E-state index is 12.0. The molecular formula is C15H14O2S. The molecule has 1 aliphatic rings. The molecule has 3 heteroatoms. The van der Waals surface area contributed by atoms with E-state index in [1.165, 1.54) is 0 Å². The fraction of sp³-hybridized carbons (Fsp3) is 0.267. The van der Waals surface area contributed by atoms with Crippen molar-refractivity contribution in [2.24, 2.45) is 0 Å². The minimum atomic E-state index is 0.162. The second-order valence-electron chi connectivity index (χ2n) is 4.52. The van der Waals surface area contributed by atoms with Gasteiger partial charge in [-0.3, -0.25) is 4.79 Å². The van der Waals surface area contributed by atoms with Gasteiger partial charge in [0.15, 0.2) is 5.78 Å². The molecule has 0 bridgehead atoms. The number of ketones is 1. The van der Waals surface area contributed by atoms with E-state index >= 15 is 0 Å². The minimum absolute atomic E-state index is 0.162. The smallest absolute Gasteiger partial charge is 0.168 e. The summed E-state index contributed by atoms with van der Waals surface area (Å²) < 4.78 is 5.66. The predicted octanol–water partition coefficient (Wildman–Crippen LogP) is 3.71. The van der Waals surface area contributed by atoms with Gasteiger partial charge < -0.3 is 4.74 Å². The molecule has 1 heterocycles. The lowest BCUT2D eigenvalue weighted by atomic mass is 10.1. The molecule has 0 radical (unpaired) electrons. The highest BCUT2D eigenvalue weighted by molar-refractivity contribution is 7.10. The Balaban J connectivity index is 1.65. The highest BCUT2D eigenvalue weighted by atomic mass is 32.1. The summed E-state index contributed by atoms with van der Waals surface area (Å²) in [6.45, 7) is 0. The number of benzene rings is 1. The van der Waals surface area contributed by atoms with E-state index in [9.17, 15) is 4.79 Å². The topological polar surface area (TPSA) is 26.3 Å². The Hall–Kier alpha value is -1.61. The molecule has 1 saturated carbocycles. The van der Waals surface area contributed by atoms with Gasteiger partial charge in [-0.2, -0.15) is 0 Å². The Morgan fingerprint density at radius 2 is 2.00 bits per heavy atom. The van der Waals surface area contributed by atoms with E-state index in [1.807, 2.05) is 41.8 Å². The molecule has 0 unspecified atom stereocenters. The quantitative estimate of drug-likeness (QED) is 0.764. The monoisotopic (exact) mass is 258 g/mol. The summed E-state index contributed by atoms with van der Waals surface area (Å²) in [4.78, 5) is 13.1. The fourth-order valence-corrected chi connectivity index (χ4v) is 2.47. The van der Waals surface area contributed by atoms with Crippen LogP contribution in [0.15, 0.2) is 41.8 Å². The van der Waals surface area contributed by atoms with Crippen molar-refractivity contribution in [1.29, 1.82) is 0 Å². The lowest BCUT2D eigenvalue weighted by molar-refractivity contribution is 0.0994. The van der Waals surface area contributed by atoms with Gasteiger partial charge in [-0.05, 0) is 48.6 Å². The summed E-state index contributed by atoms with van der Waals surface area (Å²) >= 11 is 1.62. The maximum Gasteiger partial charge on any atom is 0.168 e. The highest BCUT2D eigenvalue weighted by Crippen LogP contribution is 2.26. The number of ether oxygens (including phenoxy) is 1. The summed E-state index contributed by atoms with van der Waals surface area (Å²) in [5.41, 5.74) is 0.756. The molecule has 3 rings (SSSR count). The van der Waals surface area contributed by atoms with E-state index in [0.717, 1.165) is 29.0 Å². The Bertz CT molecular complexity index is 524. The van der Waals surface area contributed by atoms with Gasteiger partial charge in [0.1, 0.15) is 5.75 Å². The van der Waals surface area contributed by atoms with Gasteiger partial charge in [0, 0.05) is 16.9 Å². The van der Waals surface area contributed by atoms with Crippen LogP contribution in [-0.2, 0) is 6.42 Å². The summed E-state index contributed by atoms with van der Waals surface area (Å²) in [5, 5.41) is 2.00. The van der Waals surface area contributed by atoms with Gasteiger partial charge in [0.05, 0.1) is 6.10 Å². The third kappa shape index (κ3) is 2.79. The fourth-order valence-electron chi connectivity index (χ4n) is 1.77. The van der Waals surface area contributed by atoms with Gasteiger partial charge in [0.2, 0.25) is 0 Å². The molecule has 18 heavy (non-hydrogen) atoms. The zero-order valence-electron chi connectivity index (χ0n) is 9.96. The summed E-state index contributed by atoms with van der Waals surface area (Å²) in [6, 6.07) is 11.5. The van der Waals surface area contributed by atoms with Crippen LogP contribution in [0.1, 0.15) is 28.1 Å². The first-order valence-electron chi connectivity index (χ1n) is 6.13. The summed E-state index contributed by atoms with van der Waals surface area (Å²) in [6.07, 6.45) is 3.19. The van der Waals surface area contributed by atoms with Crippen LogP contribution in [0.5, 0.6) is 5.75 Å². The standard InChI is InChI=1S/C15H14O2S/c16-15(10-14-2-1-9-18-14)11-3-5-12(6-4-11)17-13-7-8-13/h1-6,9,13H,7-8,10H2. The SMILES string of the molecule is O=C(Cc1cccs1)c1ccc(OC2CC2)cc1. The zero-order chi connectivity index (χ0) is 12.4. The van der Waals surface area contributed by atoms with Crippen molar-refractivity contribution < 1.29 is 9.53 Å². The molecule has 0 atom stereocenters. The molecule has 92 valence electrons. The number of carbonyl (C=O) groups is 1. The van der Waals surface area contributed by atoms with Crippen LogP contribution in [0, 0.1) is 0 Å². The Kier molecular flexibility index (Phi) is 3.15. The van der Waals surface area contributed by atoms with Crippen molar-refractivity contribution in [3.05, 3.63) is 52.2 Å². The molecule has 2 aromatic rings. The Morgan fingerprint density at radius 1 is 1.22 bits per heavy atom. The van der Waals surface area contributed by atoms with Crippen molar-refractivity contribution in [3.63, 3.8) is 0 Å². The van der Waals surface area contributed by atoms with Crippen LogP contribution < -0.4 is 4.74 Å². The predicted molar refractivity (Wildman–Crippen MR) is 72.4 cm³/mol. The molecule has 0 spiro atoms. The van der Waals surface area contributed by atoms with Crippen molar-refractivity contribution >= 4 is 17.1 Å². The van der Waals surface area contributed by atoms with Gasteiger partial charge >= 0.3 is 0 Å². The van der Waals surface area contributed by atoms with Gasteiger partial charge in [-0.25, -0.2) is 0 Å². The van der Waals surface area contributed by atoms with E-state index in [1.54, 1.807) is 11.3 Å². The number of hydrogen-bond acceptors (Lipinski definition) is 3. The molecular weight excluding hydrogens is 244 g/mol. The molecule has 1 aliphatic carbocycles. The van der Waals surface area contributed by atoms with Crippen LogP contribution in [-0.4, -0.2) is 11.9 Å². The van der Waals surface area contributed by atoms with E-state index in [0.29, 0.717) is 12.5 Å². The van der Waals surface area contributed by atoms with Crippen LogP contribution in [0.4, 0.5) is 0 Å². The maximum atomic E-state index is 12.0. The average molecular weight is 258 g/mol. The number of Topliss-reactive ketones (excluding diaryl/α,β-unsaturated/α-hetero) is 1. The summed E-state index contributed by atoms with van der Waals surface area (Å²) in [5.74, 6) is 1.03. The molecule has 0 aliphatic heterocycles. The molecule has 1 aromatic heterocycles. The third-order valence-electron chi connectivity index (χ3n) is 2.92. The van der Waals surface area contributed by atoms with E-state index in [4.69, 9.17) is 4.74 Å². The number of rotatable bonds is 5. The van der Waals surface area contributed by atoms with Crippen LogP contribution in [0.3, 0.4) is 0 Å². The normalized spacial score (nSPS) is 14.4. The average Bonchev–Trinajstić information content (AvgIpc) is 3.04. The van der Waals surface area contributed by atoms with Crippen LogP contribution in [0.2, 0.25) is 0 Å². The van der Waals surface area contributed by atoms with Gasteiger partial charge in [0.25, 0.3) is 0 Å². The zero-order valence-corrected chi connectivity index (χ0v) is 10.8. The van der Waals surface area contributed by atoms with Crippen molar-refractivity contribution in [1.82, 2.24) is 0 Å². The van der Waals surface area contributed by atoms with E-state index < -0.39 is 0 Å². The second kappa shape index (κ2) is 4.94. The van der Waals surface area contributed by atoms with E-state index in [-0.39, 0.29) is 5.78 Å². The van der Waals surface area contributed by atoms with Gasteiger partial charge in [-0.1, -0.05) is 6.07 Å². The highest BCUT2D eigenvalue weighted by Gasteiger charge is 2.23. The molecule has 0 amide bonds. The second-order valence-corrected chi connectivity index (χ2v) is 5.55. The first-order valence-corrected chi connectivity index (χ1v) is 7.01. The molecule has 0 N–H and O–H groups in total. The number of hydrogen-bond donors (Lipinski definition) is 0.